The van der Waals surface area contributed by atoms with E-state index in [1.807, 2.05) is 0 Å². The first-order valence-electron chi connectivity index (χ1n) is 12.3. The summed E-state index contributed by atoms with van der Waals surface area (Å²) < 4.78 is 0. The van der Waals surface area contributed by atoms with Gasteiger partial charge in [0.1, 0.15) is 18.1 Å². The summed E-state index contributed by atoms with van der Waals surface area (Å²) in [6.45, 7) is 1.22. The summed E-state index contributed by atoms with van der Waals surface area (Å²) >= 11 is 0. The number of aliphatic hydroxyl groups is 1. The molecule has 0 fully saturated rings. The molecule has 0 radical (unpaired) electrons. The van der Waals surface area contributed by atoms with Gasteiger partial charge >= 0.3 is 11.9 Å². The molecule has 0 aliphatic carbocycles. The fourth-order valence-corrected chi connectivity index (χ4v) is 3.75. The van der Waals surface area contributed by atoms with E-state index in [4.69, 9.17) is 10.8 Å². The van der Waals surface area contributed by atoms with E-state index in [0.717, 1.165) is 5.56 Å². The average molecular weight is 543 g/mol. The van der Waals surface area contributed by atoms with Crippen LogP contribution in [0.25, 0.3) is 0 Å². The molecule has 39 heavy (non-hydrogen) atoms. The highest BCUT2D eigenvalue weighted by molar-refractivity contribution is 5.94. The van der Waals surface area contributed by atoms with Crippen LogP contribution in [-0.2, 0) is 36.8 Å². The van der Waals surface area contributed by atoms with Crippen molar-refractivity contribution < 1.29 is 39.3 Å². The molecule has 0 bridgehead atoms. The fourth-order valence-electron chi connectivity index (χ4n) is 3.75. The van der Waals surface area contributed by atoms with Crippen molar-refractivity contribution in [3.8, 4) is 0 Å². The summed E-state index contributed by atoms with van der Waals surface area (Å²) in [7, 11) is 0. The molecule has 2 aromatic rings. The van der Waals surface area contributed by atoms with Gasteiger partial charge in [0.25, 0.3) is 0 Å². The number of carboxylic acid groups (broad SMARTS) is 2. The minimum Gasteiger partial charge on any atom is -0.481 e. The number of nitrogens with two attached hydrogens (primary N) is 1. The number of carbonyl (C=O) groups is 5. The Balaban J connectivity index is 2.11. The second-order valence-corrected chi connectivity index (χ2v) is 9.11. The lowest BCUT2D eigenvalue weighted by atomic mass is 10.0. The molecule has 0 spiro atoms. The van der Waals surface area contributed by atoms with Crippen LogP contribution in [0.1, 0.15) is 30.9 Å². The Morgan fingerprint density at radius 3 is 1.74 bits per heavy atom. The van der Waals surface area contributed by atoms with Crippen molar-refractivity contribution in [1.82, 2.24) is 16.0 Å². The highest BCUT2D eigenvalue weighted by Gasteiger charge is 2.33. The number of benzene rings is 2. The van der Waals surface area contributed by atoms with Crippen LogP contribution in [0.15, 0.2) is 60.7 Å². The van der Waals surface area contributed by atoms with Crippen molar-refractivity contribution in [2.45, 2.75) is 62.9 Å². The number of aliphatic hydroxyl groups excluding tert-OH is 1. The van der Waals surface area contributed by atoms with Gasteiger partial charge in [0, 0.05) is 12.8 Å². The molecule has 0 aromatic heterocycles. The van der Waals surface area contributed by atoms with Gasteiger partial charge in [-0.1, -0.05) is 60.7 Å². The number of carboxylic acids is 2. The molecule has 5 unspecified atom stereocenters. The summed E-state index contributed by atoms with van der Waals surface area (Å²) in [6.07, 6.45) is -2.12. The van der Waals surface area contributed by atoms with E-state index >= 15 is 0 Å². The molecular weight excluding hydrogens is 508 g/mol. The zero-order chi connectivity index (χ0) is 28.9. The van der Waals surface area contributed by atoms with Gasteiger partial charge in [0.15, 0.2) is 0 Å². The lowest BCUT2D eigenvalue weighted by Gasteiger charge is -2.26. The molecule has 0 saturated carbocycles. The fraction of sp³-hybridized carbons (Fsp3) is 0.370. The van der Waals surface area contributed by atoms with E-state index in [1.54, 1.807) is 60.7 Å². The van der Waals surface area contributed by atoms with Gasteiger partial charge in [-0.15, -0.1) is 0 Å². The van der Waals surface area contributed by atoms with Crippen LogP contribution >= 0.6 is 0 Å². The van der Waals surface area contributed by atoms with Crippen molar-refractivity contribution in [2.75, 3.05) is 0 Å². The molecule has 0 heterocycles. The van der Waals surface area contributed by atoms with Gasteiger partial charge < -0.3 is 37.0 Å². The van der Waals surface area contributed by atoms with Gasteiger partial charge in [-0.3, -0.25) is 19.2 Å². The molecule has 2 rings (SSSR count). The maximum absolute atomic E-state index is 13.0. The summed E-state index contributed by atoms with van der Waals surface area (Å²) in [5, 5.41) is 35.9. The largest absolute Gasteiger partial charge is 0.481 e. The molecule has 0 saturated heterocycles. The van der Waals surface area contributed by atoms with E-state index in [2.05, 4.69) is 16.0 Å². The maximum atomic E-state index is 13.0. The minimum atomic E-state index is -1.59. The van der Waals surface area contributed by atoms with Gasteiger partial charge in [-0.05, 0) is 30.9 Å². The number of rotatable bonds is 15. The molecule has 0 aliphatic rings. The number of amides is 3. The zero-order valence-electron chi connectivity index (χ0n) is 21.4. The van der Waals surface area contributed by atoms with Gasteiger partial charge in [-0.2, -0.15) is 0 Å². The zero-order valence-corrected chi connectivity index (χ0v) is 21.4. The van der Waals surface area contributed by atoms with Crippen LogP contribution in [0.3, 0.4) is 0 Å². The van der Waals surface area contributed by atoms with Crippen LogP contribution < -0.4 is 21.7 Å². The standard InChI is InChI=1S/C27H34N4O8/c1-16(32)23(26(37)30-21(27(38)39)15-18-10-6-3-7-11-18)31-25(36)20(12-13-22(33)34)29-24(35)19(28)14-17-8-4-2-5-9-17/h2-11,16,19-21,23,32H,12-15,28H2,1H3,(H,29,35)(H,30,37)(H,31,36)(H,33,34)(H,38,39). The second kappa shape index (κ2) is 15.2. The Morgan fingerprint density at radius 1 is 0.744 bits per heavy atom. The molecule has 8 N–H and O–H groups in total. The molecule has 2 aromatic carbocycles. The van der Waals surface area contributed by atoms with E-state index < -0.39 is 66.4 Å². The average Bonchev–Trinajstić information content (AvgIpc) is 2.89. The molecule has 3 amide bonds. The van der Waals surface area contributed by atoms with Crippen molar-refractivity contribution in [3.05, 3.63) is 71.8 Å². The number of hydrogen-bond acceptors (Lipinski definition) is 7. The molecule has 12 heteroatoms. The van der Waals surface area contributed by atoms with Crippen LogP contribution in [-0.4, -0.2) is 75.3 Å². The van der Waals surface area contributed by atoms with E-state index in [1.165, 1.54) is 6.92 Å². The normalized spacial score (nSPS) is 14.6. The molecule has 210 valence electrons. The predicted molar refractivity (Wildman–Crippen MR) is 140 cm³/mol. The Morgan fingerprint density at radius 2 is 1.26 bits per heavy atom. The smallest absolute Gasteiger partial charge is 0.326 e. The number of hydrogen-bond donors (Lipinski definition) is 7. The molecule has 5 atom stereocenters. The lowest BCUT2D eigenvalue weighted by Crippen LogP contribution is -2.60. The van der Waals surface area contributed by atoms with E-state index in [0.29, 0.717) is 5.56 Å². The topological polar surface area (TPSA) is 208 Å². The van der Waals surface area contributed by atoms with Crippen molar-refractivity contribution in [2.24, 2.45) is 5.73 Å². The second-order valence-electron chi connectivity index (χ2n) is 9.11. The molecular formula is C27H34N4O8. The van der Waals surface area contributed by atoms with E-state index in [9.17, 15) is 34.2 Å². The molecule has 12 nitrogen and oxygen atoms in total. The van der Waals surface area contributed by atoms with Gasteiger partial charge in [0.05, 0.1) is 12.1 Å². The Bertz CT molecular complexity index is 1130. The quantitative estimate of drug-likeness (QED) is 0.156. The monoisotopic (exact) mass is 542 g/mol. The predicted octanol–water partition coefficient (Wildman–Crippen LogP) is -0.416. The van der Waals surface area contributed by atoms with Crippen LogP contribution in [0, 0.1) is 0 Å². The Labute approximate surface area is 225 Å². The van der Waals surface area contributed by atoms with E-state index in [-0.39, 0.29) is 19.3 Å². The summed E-state index contributed by atoms with van der Waals surface area (Å²) in [5.41, 5.74) is 7.40. The summed E-state index contributed by atoms with van der Waals surface area (Å²) in [4.78, 5) is 61.5. The first-order chi connectivity index (χ1) is 18.5. The number of carbonyl (C=O) groups excluding carboxylic acids is 3. The third-order valence-electron chi connectivity index (χ3n) is 5.87. The minimum absolute atomic E-state index is 0.0427. The van der Waals surface area contributed by atoms with Crippen molar-refractivity contribution >= 4 is 29.7 Å². The number of nitrogens with one attached hydrogen (secondary N) is 3. The van der Waals surface area contributed by atoms with Gasteiger partial charge in [0.2, 0.25) is 17.7 Å². The number of aliphatic carboxylic acids is 2. The first-order valence-corrected chi connectivity index (χ1v) is 12.3. The molecule has 0 aliphatic heterocycles. The third kappa shape index (κ3) is 10.5. The highest BCUT2D eigenvalue weighted by Crippen LogP contribution is 2.07. The van der Waals surface area contributed by atoms with Crippen molar-refractivity contribution in [1.29, 1.82) is 0 Å². The SMILES string of the molecule is CC(O)C(NC(=O)C(CCC(=O)O)NC(=O)C(N)Cc1ccccc1)C(=O)NC(Cc1ccccc1)C(=O)O. The van der Waals surface area contributed by atoms with Crippen molar-refractivity contribution in [3.63, 3.8) is 0 Å². The van der Waals surface area contributed by atoms with Gasteiger partial charge in [-0.25, -0.2) is 4.79 Å². The Hall–Kier alpha value is -4.29. The van der Waals surface area contributed by atoms with Crippen LogP contribution in [0.4, 0.5) is 0 Å². The third-order valence-corrected chi connectivity index (χ3v) is 5.87. The first kappa shape index (κ1) is 30.9. The van der Waals surface area contributed by atoms with Crippen LogP contribution in [0.5, 0.6) is 0 Å². The van der Waals surface area contributed by atoms with Crippen LogP contribution in [0.2, 0.25) is 0 Å². The summed E-state index contributed by atoms with van der Waals surface area (Å²) in [5.74, 6) is -5.15. The maximum Gasteiger partial charge on any atom is 0.326 e. The highest BCUT2D eigenvalue weighted by atomic mass is 16.4. The lowest BCUT2D eigenvalue weighted by molar-refractivity contribution is -0.143. The Kier molecular flexibility index (Phi) is 12.1. The summed E-state index contributed by atoms with van der Waals surface area (Å²) in [6, 6.07) is 12.1.